The molecule has 0 fully saturated rings. The highest BCUT2D eigenvalue weighted by molar-refractivity contribution is 7.90. The van der Waals surface area contributed by atoms with E-state index in [9.17, 15) is 13.5 Å². The van der Waals surface area contributed by atoms with Crippen LogP contribution >= 0.6 is 0 Å². The molecule has 0 radical (unpaired) electrons. The summed E-state index contributed by atoms with van der Waals surface area (Å²) < 4.78 is 27.4. The third-order valence-corrected chi connectivity index (χ3v) is 6.16. The van der Waals surface area contributed by atoms with Crippen LogP contribution in [-0.2, 0) is 10.0 Å². The average Bonchev–Trinajstić information content (AvgIpc) is 3.17. The van der Waals surface area contributed by atoms with Crippen LogP contribution in [0.15, 0.2) is 90.5 Å². The van der Waals surface area contributed by atoms with E-state index in [1.54, 1.807) is 37.3 Å². The lowest BCUT2D eigenvalue weighted by Gasteiger charge is -2.19. The van der Waals surface area contributed by atoms with Gasteiger partial charge in [-0.3, -0.25) is 0 Å². The van der Waals surface area contributed by atoms with E-state index < -0.39 is 16.1 Å². The molecule has 4 nitrogen and oxygen atoms in total. The fraction of sp³-hybridized carbons (Fsp3) is 0.130. The van der Waals surface area contributed by atoms with Crippen LogP contribution in [0.5, 0.6) is 0 Å². The second-order valence-electron chi connectivity index (χ2n) is 6.38. The Bertz CT molecular complexity index is 1120. The van der Waals surface area contributed by atoms with Crippen LogP contribution in [0.25, 0.3) is 0 Å². The van der Waals surface area contributed by atoms with Gasteiger partial charge in [0.25, 0.3) is 10.0 Å². The number of rotatable bonds is 5. The summed E-state index contributed by atoms with van der Waals surface area (Å²) in [5.74, 6) is 5.68. The molecule has 142 valence electrons. The summed E-state index contributed by atoms with van der Waals surface area (Å²) in [5.41, 5.74) is 1.50. The predicted molar refractivity (Wildman–Crippen MR) is 110 cm³/mol. The maximum Gasteiger partial charge on any atom is 0.267 e. The lowest BCUT2D eigenvalue weighted by atomic mass is 10.00. The number of nitrogens with zero attached hydrogens (tertiary/aromatic N) is 1. The fourth-order valence-electron chi connectivity index (χ4n) is 2.78. The van der Waals surface area contributed by atoms with Gasteiger partial charge in [0, 0.05) is 23.2 Å². The number of benzene rings is 2. The molecule has 0 aliphatic rings. The van der Waals surface area contributed by atoms with Gasteiger partial charge in [0.2, 0.25) is 0 Å². The van der Waals surface area contributed by atoms with Crippen molar-refractivity contribution in [1.82, 2.24) is 3.97 Å². The lowest BCUT2D eigenvalue weighted by molar-refractivity contribution is 0.134. The van der Waals surface area contributed by atoms with Gasteiger partial charge in [-0.2, -0.15) is 0 Å². The van der Waals surface area contributed by atoms with Crippen LogP contribution in [0.1, 0.15) is 29.8 Å². The fourth-order valence-corrected chi connectivity index (χ4v) is 4.19. The molecular formula is C23H21NO3S. The third kappa shape index (κ3) is 3.94. The Morgan fingerprint density at radius 2 is 1.61 bits per heavy atom. The molecule has 0 spiro atoms. The van der Waals surface area contributed by atoms with E-state index in [0.717, 1.165) is 9.54 Å². The van der Waals surface area contributed by atoms with Gasteiger partial charge in [-0.05, 0) is 30.3 Å². The lowest BCUT2D eigenvalue weighted by Crippen LogP contribution is -2.20. The van der Waals surface area contributed by atoms with Crippen molar-refractivity contribution < 1.29 is 13.5 Å². The van der Waals surface area contributed by atoms with Crippen LogP contribution < -0.4 is 0 Å². The molecule has 2 unspecified atom stereocenters. The zero-order valence-electron chi connectivity index (χ0n) is 15.5. The molecule has 1 heterocycles. The number of aromatic nitrogens is 1. The second kappa shape index (κ2) is 8.30. The molecule has 28 heavy (non-hydrogen) atoms. The smallest absolute Gasteiger partial charge is 0.267 e. The largest absolute Gasteiger partial charge is 0.386 e. The first-order valence-electron chi connectivity index (χ1n) is 8.84. The van der Waals surface area contributed by atoms with E-state index >= 15 is 0 Å². The molecule has 0 aliphatic carbocycles. The van der Waals surface area contributed by atoms with E-state index in [2.05, 4.69) is 18.4 Å². The summed E-state index contributed by atoms with van der Waals surface area (Å²) >= 11 is 0. The molecule has 0 bridgehead atoms. The van der Waals surface area contributed by atoms with Crippen LogP contribution in [-0.4, -0.2) is 17.5 Å². The first kappa shape index (κ1) is 19.7. The quantitative estimate of drug-likeness (QED) is 0.529. The minimum atomic E-state index is -3.86. The van der Waals surface area contributed by atoms with Crippen molar-refractivity contribution in [3.8, 4) is 11.8 Å². The topological polar surface area (TPSA) is 59.3 Å². The minimum Gasteiger partial charge on any atom is -0.386 e. The van der Waals surface area contributed by atoms with E-state index in [-0.39, 0.29) is 16.5 Å². The summed E-state index contributed by atoms with van der Waals surface area (Å²) in [6.07, 6.45) is 1.96. The number of hydrogen-bond acceptors (Lipinski definition) is 3. The van der Waals surface area contributed by atoms with Crippen LogP contribution in [0.3, 0.4) is 0 Å². The molecule has 0 saturated carbocycles. The normalized spacial score (nSPS) is 13.2. The Morgan fingerprint density at radius 3 is 2.21 bits per heavy atom. The zero-order chi connectivity index (χ0) is 20.1. The van der Waals surface area contributed by atoms with Crippen molar-refractivity contribution >= 4 is 10.0 Å². The predicted octanol–water partition coefficient (Wildman–Crippen LogP) is 3.98. The van der Waals surface area contributed by atoms with Crippen LogP contribution in [0, 0.1) is 17.8 Å². The number of hydrogen-bond donors (Lipinski definition) is 1. The Labute approximate surface area is 165 Å². The molecule has 1 aromatic heterocycles. The highest BCUT2D eigenvalue weighted by atomic mass is 32.2. The average molecular weight is 391 g/mol. The van der Waals surface area contributed by atoms with E-state index in [1.807, 2.05) is 30.3 Å². The van der Waals surface area contributed by atoms with Crippen LogP contribution in [0.4, 0.5) is 0 Å². The first-order chi connectivity index (χ1) is 13.4. The highest BCUT2D eigenvalue weighted by Crippen LogP contribution is 2.29. The molecule has 1 N–H and O–H groups in total. The summed E-state index contributed by atoms with van der Waals surface area (Å²) in [4.78, 5) is 0.146. The molecule has 2 aromatic carbocycles. The summed E-state index contributed by atoms with van der Waals surface area (Å²) in [6, 6.07) is 19.1. The Balaban J connectivity index is 2.15. The summed E-state index contributed by atoms with van der Waals surface area (Å²) in [6.45, 7) is 5.49. The standard InChI is InChI=1S/C23H21NO3S/c1-3-18(2)23(25)22-20(15-14-19-10-6-4-7-11-19)16-17-24(22)28(26,27)21-12-8-5-9-13-21/h3-13,16-18,23,25H,1H2,2H3. The SMILES string of the molecule is C=CC(C)C(O)c1c(C#Cc2ccccc2)ccn1S(=O)(=O)c1ccccc1. The minimum absolute atomic E-state index is 0.146. The van der Waals surface area contributed by atoms with E-state index in [1.165, 1.54) is 18.3 Å². The first-order valence-corrected chi connectivity index (χ1v) is 10.3. The van der Waals surface area contributed by atoms with E-state index in [4.69, 9.17) is 0 Å². The van der Waals surface area contributed by atoms with Gasteiger partial charge in [0.15, 0.2) is 0 Å². The molecule has 0 saturated heterocycles. The summed E-state index contributed by atoms with van der Waals surface area (Å²) in [5, 5.41) is 10.8. The zero-order valence-corrected chi connectivity index (χ0v) is 16.3. The van der Waals surface area contributed by atoms with Gasteiger partial charge >= 0.3 is 0 Å². The molecule has 5 heteroatoms. The monoisotopic (exact) mass is 391 g/mol. The van der Waals surface area contributed by atoms with Gasteiger partial charge in [-0.15, -0.1) is 6.58 Å². The van der Waals surface area contributed by atoms with Crippen LogP contribution in [0.2, 0.25) is 0 Å². The van der Waals surface area contributed by atoms with Crippen molar-refractivity contribution in [2.75, 3.05) is 0 Å². The summed E-state index contributed by atoms with van der Waals surface area (Å²) in [7, 11) is -3.86. The van der Waals surface area contributed by atoms with Gasteiger partial charge in [-0.25, -0.2) is 12.4 Å². The van der Waals surface area contributed by atoms with Crippen molar-refractivity contribution in [1.29, 1.82) is 0 Å². The van der Waals surface area contributed by atoms with Gasteiger partial charge in [0.05, 0.1) is 10.6 Å². The molecule has 3 rings (SSSR count). The molecule has 0 aliphatic heterocycles. The molecule has 0 amide bonds. The number of aliphatic hydroxyl groups is 1. The maximum absolute atomic E-state index is 13.1. The maximum atomic E-state index is 13.1. The molecule has 2 atom stereocenters. The molecular weight excluding hydrogens is 370 g/mol. The van der Waals surface area contributed by atoms with Gasteiger partial charge in [-0.1, -0.05) is 61.2 Å². The highest BCUT2D eigenvalue weighted by Gasteiger charge is 2.27. The van der Waals surface area contributed by atoms with Crippen molar-refractivity contribution in [3.63, 3.8) is 0 Å². The third-order valence-electron chi connectivity index (χ3n) is 4.46. The Morgan fingerprint density at radius 1 is 1.00 bits per heavy atom. The van der Waals surface area contributed by atoms with Crippen molar-refractivity contribution in [2.45, 2.75) is 17.9 Å². The Kier molecular flexibility index (Phi) is 5.84. The van der Waals surface area contributed by atoms with Crippen molar-refractivity contribution in [2.24, 2.45) is 5.92 Å². The van der Waals surface area contributed by atoms with E-state index in [0.29, 0.717) is 5.56 Å². The van der Waals surface area contributed by atoms with Gasteiger partial charge < -0.3 is 5.11 Å². The van der Waals surface area contributed by atoms with Gasteiger partial charge in [0.1, 0.15) is 6.10 Å². The van der Waals surface area contributed by atoms with Crippen molar-refractivity contribution in [3.05, 3.63) is 102 Å². The Hall–Kier alpha value is -3.07. The molecule has 3 aromatic rings. The second-order valence-corrected chi connectivity index (χ2v) is 8.20. The number of aliphatic hydroxyl groups excluding tert-OH is 1.